The van der Waals surface area contributed by atoms with Crippen LogP contribution in [-0.4, -0.2) is 55.6 Å². The van der Waals surface area contributed by atoms with Crippen molar-refractivity contribution < 1.29 is 29.6 Å². The Kier molecular flexibility index (Phi) is 10.3. The molecule has 3 aromatic carbocycles. The zero-order valence-corrected chi connectivity index (χ0v) is 21.6. The minimum atomic E-state index is -1.40. The van der Waals surface area contributed by atoms with Crippen LogP contribution >= 0.6 is 23.5 Å². The van der Waals surface area contributed by atoms with Crippen molar-refractivity contribution in [2.24, 2.45) is 0 Å². The topological polar surface area (TPSA) is 161 Å². The fourth-order valence-electron chi connectivity index (χ4n) is 3.84. The first-order valence-electron chi connectivity index (χ1n) is 11.4. The van der Waals surface area contributed by atoms with Crippen LogP contribution in [-0.2, 0) is 12.8 Å². The second-order valence-corrected chi connectivity index (χ2v) is 10.4. The number of nitrogens with zero attached hydrogens (tertiary/aromatic N) is 2. The zero-order chi connectivity index (χ0) is 27.7. The number of aromatic carboxylic acids is 2. The summed E-state index contributed by atoms with van der Waals surface area (Å²) in [6.45, 7) is 0. The van der Waals surface area contributed by atoms with Crippen LogP contribution in [0.1, 0.15) is 31.8 Å². The lowest BCUT2D eigenvalue weighted by molar-refractivity contribution is -0.517. The molecule has 3 aromatic rings. The van der Waals surface area contributed by atoms with Gasteiger partial charge in [-0.2, -0.15) is 0 Å². The van der Waals surface area contributed by atoms with Gasteiger partial charge in [-0.25, -0.2) is 9.59 Å². The number of benzene rings is 3. The third-order valence-electron chi connectivity index (χ3n) is 5.74. The van der Waals surface area contributed by atoms with E-state index < -0.39 is 33.9 Å². The van der Waals surface area contributed by atoms with Gasteiger partial charge in [-0.3, -0.25) is 20.2 Å². The van der Waals surface area contributed by atoms with E-state index in [-0.39, 0.29) is 46.6 Å². The molecule has 10 nitrogen and oxygen atoms in total. The quantitative estimate of drug-likeness (QED) is 0.156. The smallest absolute Gasteiger partial charge is 0.335 e. The van der Waals surface area contributed by atoms with Crippen LogP contribution in [0.15, 0.2) is 82.6 Å². The lowest BCUT2D eigenvalue weighted by Crippen LogP contribution is -2.30. The Morgan fingerprint density at radius 1 is 0.658 bits per heavy atom. The summed E-state index contributed by atoms with van der Waals surface area (Å²) >= 11 is 2.43. The van der Waals surface area contributed by atoms with Gasteiger partial charge >= 0.3 is 11.9 Å². The van der Waals surface area contributed by atoms with Gasteiger partial charge in [-0.15, -0.1) is 23.5 Å². The summed E-state index contributed by atoms with van der Waals surface area (Å²) in [5.41, 5.74) is -0.743. The maximum Gasteiger partial charge on any atom is 0.335 e. The zero-order valence-electron chi connectivity index (χ0n) is 20.0. The number of thioether (sulfide) groups is 2. The van der Waals surface area contributed by atoms with Crippen molar-refractivity contribution in [1.82, 2.24) is 0 Å². The second kappa shape index (κ2) is 13.6. The predicted molar refractivity (Wildman–Crippen MR) is 144 cm³/mol. The molecule has 198 valence electrons. The van der Waals surface area contributed by atoms with Crippen molar-refractivity contribution >= 4 is 35.5 Å². The van der Waals surface area contributed by atoms with Gasteiger partial charge in [0.05, 0.1) is 22.6 Å². The third kappa shape index (κ3) is 7.80. The molecule has 2 unspecified atom stereocenters. The normalized spacial score (nSPS) is 12.4. The molecule has 0 aromatic heterocycles. The molecule has 0 heterocycles. The summed E-state index contributed by atoms with van der Waals surface area (Å²) in [5.74, 6) is -2.80. The number of carboxylic acids is 2. The van der Waals surface area contributed by atoms with Crippen LogP contribution in [0.4, 0.5) is 0 Å². The van der Waals surface area contributed by atoms with Gasteiger partial charge in [-0.1, -0.05) is 36.4 Å². The molecule has 0 aliphatic rings. The summed E-state index contributed by atoms with van der Waals surface area (Å²) in [7, 11) is 0. The molecular formula is C26H24N2O8S2. The minimum Gasteiger partial charge on any atom is -0.478 e. The number of hydrogen-bond acceptors (Lipinski definition) is 8. The van der Waals surface area contributed by atoms with E-state index in [2.05, 4.69) is 0 Å². The van der Waals surface area contributed by atoms with Crippen LogP contribution < -0.4 is 0 Å². The number of nitro groups is 2. The van der Waals surface area contributed by atoms with Gasteiger partial charge in [-0.05, 0) is 47.5 Å². The maximum absolute atomic E-state index is 12.1. The van der Waals surface area contributed by atoms with Crippen molar-refractivity contribution in [3.63, 3.8) is 0 Å². The van der Waals surface area contributed by atoms with Gasteiger partial charge in [0.15, 0.2) is 0 Å². The van der Waals surface area contributed by atoms with E-state index in [1.165, 1.54) is 23.5 Å². The Labute approximate surface area is 226 Å². The molecule has 2 atom stereocenters. The monoisotopic (exact) mass is 556 g/mol. The summed E-state index contributed by atoms with van der Waals surface area (Å²) in [6.07, 6.45) is -0.775. The molecule has 38 heavy (non-hydrogen) atoms. The third-order valence-corrected chi connectivity index (χ3v) is 8.05. The summed E-state index contributed by atoms with van der Waals surface area (Å²) in [6, 6.07) is 17.5. The van der Waals surface area contributed by atoms with Crippen LogP contribution in [0.5, 0.6) is 0 Å². The van der Waals surface area contributed by atoms with E-state index >= 15 is 0 Å². The van der Waals surface area contributed by atoms with Crippen molar-refractivity contribution in [2.75, 3.05) is 11.5 Å². The van der Waals surface area contributed by atoms with E-state index in [0.29, 0.717) is 0 Å². The molecule has 0 saturated heterocycles. The van der Waals surface area contributed by atoms with Crippen molar-refractivity contribution in [3.05, 3.63) is 115 Å². The Morgan fingerprint density at radius 3 is 1.29 bits per heavy atom. The molecule has 0 spiro atoms. The summed E-state index contributed by atoms with van der Waals surface area (Å²) in [4.78, 5) is 48.5. The Balaban J connectivity index is 1.98. The minimum absolute atomic E-state index is 0.00463. The van der Waals surface area contributed by atoms with E-state index in [0.717, 1.165) is 21.9 Å². The summed E-state index contributed by atoms with van der Waals surface area (Å²) in [5, 5.41) is 43.5. The van der Waals surface area contributed by atoms with Gasteiger partial charge < -0.3 is 10.2 Å². The average molecular weight is 557 g/mol. The Hall–Kier alpha value is -3.90. The number of carboxylic acid groups (broad SMARTS) is 2. The number of hydrogen-bond donors (Lipinski definition) is 2. The highest BCUT2D eigenvalue weighted by molar-refractivity contribution is 7.99. The Morgan fingerprint density at radius 2 is 1.00 bits per heavy atom. The fourth-order valence-corrected chi connectivity index (χ4v) is 5.79. The van der Waals surface area contributed by atoms with E-state index in [1.807, 2.05) is 0 Å². The van der Waals surface area contributed by atoms with E-state index in [1.54, 1.807) is 60.7 Å². The molecule has 0 fully saturated rings. The molecule has 0 bridgehead atoms. The first-order valence-corrected chi connectivity index (χ1v) is 13.4. The molecule has 0 aliphatic carbocycles. The first-order chi connectivity index (χ1) is 18.2. The highest BCUT2D eigenvalue weighted by Crippen LogP contribution is 2.28. The molecule has 0 saturated carbocycles. The van der Waals surface area contributed by atoms with Gasteiger partial charge in [0.2, 0.25) is 12.1 Å². The maximum atomic E-state index is 12.1. The van der Waals surface area contributed by atoms with Gasteiger partial charge in [0.1, 0.15) is 0 Å². The largest absolute Gasteiger partial charge is 0.478 e. The molecule has 12 heteroatoms. The van der Waals surface area contributed by atoms with E-state index in [9.17, 15) is 40.0 Å². The van der Waals surface area contributed by atoms with Gasteiger partial charge in [0.25, 0.3) is 0 Å². The first kappa shape index (κ1) is 28.7. The molecule has 0 radical (unpaired) electrons. The molecule has 0 amide bonds. The lowest BCUT2D eigenvalue weighted by Gasteiger charge is -2.19. The highest BCUT2D eigenvalue weighted by Gasteiger charge is 2.32. The van der Waals surface area contributed by atoms with E-state index in [4.69, 9.17) is 0 Å². The van der Waals surface area contributed by atoms with Gasteiger partial charge in [0, 0.05) is 32.5 Å². The molecule has 2 N–H and O–H groups in total. The standard InChI is InChI=1S/C26H24N2O8S2/c29-25(30)21-11-12-22(26(31)32)24(14-18(28(35)36)16-38-20-9-5-2-6-10-20)23(21)13-17(27(33)34)15-37-19-7-3-1-4-8-19/h1-12,17-18H,13-16H2,(H,29,30)(H,31,32). The molecule has 0 aliphatic heterocycles. The number of rotatable bonds is 14. The van der Waals surface area contributed by atoms with Crippen molar-refractivity contribution in [3.8, 4) is 0 Å². The van der Waals surface area contributed by atoms with Crippen LogP contribution in [0.25, 0.3) is 0 Å². The van der Waals surface area contributed by atoms with Crippen LogP contribution in [0.3, 0.4) is 0 Å². The SMILES string of the molecule is O=C(O)c1ccc(C(=O)O)c(CC(CSc2ccccc2)[N+](=O)[O-])c1CC(CSc1ccccc1)[N+](=O)[O-]. The van der Waals surface area contributed by atoms with Crippen LogP contribution in [0.2, 0.25) is 0 Å². The lowest BCUT2D eigenvalue weighted by atomic mass is 9.88. The summed E-state index contributed by atoms with van der Waals surface area (Å²) < 4.78 is 0. The second-order valence-electron chi connectivity index (χ2n) is 8.26. The Bertz CT molecular complexity index is 1200. The van der Waals surface area contributed by atoms with Crippen molar-refractivity contribution in [2.45, 2.75) is 34.7 Å². The molecular weight excluding hydrogens is 532 g/mol. The average Bonchev–Trinajstić information content (AvgIpc) is 2.89. The number of carbonyl (C=O) groups is 2. The van der Waals surface area contributed by atoms with Crippen LogP contribution in [0, 0.1) is 20.2 Å². The molecule has 3 rings (SSSR count). The fraction of sp³-hybridized carbons (Fsp3) is 0.231. The van der Waals surface area contributed by atoms with Crippen molar-refractivity contribution in [1.29, 1.82) is 0 Å². The highest BCUT2D eigenvalue weighted by atomic mass is 32.2. The predicted octanol–water partition coefficient (Wildman–Crippen LogP) is 5.04.